The summed E-state index contributed by atoms with van der Waals surface area (Å²) in [6, 6.07) is 12.3. The Labute approximate surface area is 191 Å². The van der Waals surface area contributed by atoms with Gasteiger partial charge in [0.25, 0.3) is 11.5 Å². The molecule has 0 spiro atoms. The average Bonchev–Trinajstić information content (AvgIpc) is 2.81. The number of aryl methyl sites for hydroxylation is 1. The largest absolute Gasteiger partial charge is 0.484 e. The van der Waals surface area contributed by atoms with Crippen LogP contribution >= 0.6 is 0 Å². The molecule has 5 rings (SSSR count). The number of carbonyl (C=O) groups excluding carboxylic acids is 1. The zero-order valence-corrected chi connectivity index (χ0v) is 18.8. The van der Waals surface area contributed by atoms with E-state index in [0.717, 1.165) is 42.3 Å². The number of rotatable bonds is 6. The van der Waals surface area contributed by atoms with Crippen LogP contribution in [0.4, 0.5) is 0 Å². The van der Waals surface area contributed by atoms with Gasteiger partial charge in [0, 0.05) is 54.8 Å². The number of unbranched alkanes of at least 4 members (excludes halogenated alkanes) is 1. The van der Waals surface area contributed by atoms with Crippen molar-refractivity contribution in [1.29, 1.82) is 0 Å². The molecule has 2 atom stereocenters. The molecule has 0 aliphatic carbocycles. The fourth-order valence-electron chi connectivity index (χ4n) is 5.21. The van der Waals surface area contributed by atoms with Gasteiger partial charge in [-0.3, -0.25) is 9.59 Å². The first-order chi connectivity index (χ1) is 16.0. The van der Waals surface area contributed by atoms with Crippen molar-refractivity contribution in [1.82, 2.24) is 9.47 Å². The Morgan fingerprint density at radius 2 is 2.00 bits per heavy atom. The molecular formula is C26H28N2O5. The lowest BCUT2D eigenvalue weighted by Crippen LogP contribution is -2.50. The lowest BCUT2D eigenvalue weighted by molar-refractivity contribution is -0.136. The maximum Gasteiger partial charge on any atom is 0.336 e. The molecule has 0 radical (unpaired) electrons. The Kier molecular flexibility index (Phi) is 5.79. The van der Waals surface area contributed by atoms with Crippen LogP contribution in [0.1, 0.15) is 43.4 Å². The van der Waals surface area contributed by atoms with Gasteiger partial charge < -0.3 is 18.6 Å². The molecule has 1 saturated heterocycles. The van der Waals surface area contributed by atoms with E-state index in [1.807, 2.05) is 27.7 Å². The zero-order chi connectivity index (χ0) is 22.9. The minimum absolute atomic E-state index is 0.0334. The molecule has 2 bridgehead atoms. The molecule has 3 aromatic rings. The molecule has 172 valence electrons. The second-order valence-electron chi connectivity index (χ2n) is 9.14. The van der Waals surface area contributed by atoms with Crippen molar-refractivity contribution in [2.75, 3.05) is 19.7 Å². The number of hydrogen-bond donors (Lipinski definition) is 0. The highest BCUT2D eigenvalue weighted by atomic mass is 16.5. The summed E-state index contributed by atoms with van der Waals surface area (Å²) in [7, 11) is 0. The van der Waals surface area contributed by atoms with Crippen molar-refractivity contribution >= 4 is 16.9 Å². The van der Waals surface area contributed by atoms with Crippen LogP contribution in [0.3, 0.4) is 0 Å². The molecule has 1 aromatic carbocycles. The van der Waals surface area contributed by atoms with E-state index in [0.29, 0.717) is 31.0 Å². The summed E-state index contributed by atoms with van der Waals surface area (Å²) in [5, 5.41) is 0.902. The van der Waals surface area contributed by atoms with Gasteiger partial charge in [-0.15, -0.1) is 0 Å². The highest BCUT2D eigenvalue weighted by molar-refractivity contribution is 5.82. The van der Waals surface area contributed by atoms with Crippen LogP contribution in [0.2, 0.25) is 0 Å². The van der Waals surface area contributed by atoms with E-state index in [4.69, 9.17) is 9.15 Å². The minimum atomic E-state index is -0.374. The Bertz CT molecular complexity index is 1310. The van der Waals surface area contributed by atoms with E-state index in [-0.39, 0.29) is 35.5 Å². The van der Waals surface area contributed by atoms with E-state index in [9.17, 15) is 14.4 Å². The molecule has 1 amide bonds. The average molecular weight is 449 g/mol. The summed E-state index contributed by atoms with van der Waals surface area (Å²) < 4.78 is 13.0. The van der Waals surface area contributed by atoms with Gasteiger partial charge in [0.05, 0.1) is 0 Å². The maximum atomic E-state index is 12.9. The number of pyridine rings is 1. The number of amides is 1. The fourth-order valence-corrected chi connectivity index (χ4v) is 5.21. The number of likely N-dealkylation sites (tertiary alicyclic amines) is 1. The van der Waals surface area contributed by atoms with Crippen LogP contribution in [0, 0.1) is 5.92 Å². The van der Waals surface area contributed by atoms with E-state index < -0.39 is 0 Å². The third kappa shape index (κ3) is 4.32. The van der Waals surface area contributed by atoms with Crippen molar-refractivity contribution in [3.63, 3.8) is 0 Å². The summed E-state index contributed by atoms with van der Waals surface area (Å²) in [6.45, 7) is 3.92. The van der Waals surface area contributed by atoms with E-state index in [1.54, 1.807) is 24.3 Å². The normalized spacial score (nSPS) is 19.4. The number of fused-ring (bicyclic) bond motifs is 5. The molecule has 33 heavy (non-hydrogen) atoms. The molecule has 2 aliphatic rings. The number of hydrogen-bond acceptors (Lipinski definition) is 5. The Morgan fingerprint density at radius 3 is 2.85 bits per heavy atom. The molecule has 2 aromatic heterocycles. The first-order valence-electron chi connectivity index (χ1n) is 11.7. The van der Waals surface area contributed by atoms with Gasteiger partial charge in [-0.05, 0) is 48.9 Å². The van der Waals surface area contributed by atoms with Crippen molar-refractivity contribution in [2.24, 2.45) is 5.92 Å². The van der Waals surface area contributed by atoms with Gasteiger partial charge in [-0.25, -0.2) is 4.79 Å². The van der Waals surface area contributed by atoms with Crippen LogP contribution < -0.4 is 15.9 Å². The standard InChI is InChI=1S/C26H28N2O5/c1-2-3-5-18-11-26(31)33-23-12-20(8-9-21(18)23)32-16-25(30)27-13-17-10-19(15-27)22-6-4-7-24(29)28(22)14-17/h4,6-9,11-12,17,19H,2-3,5,10,13-16H2,1H3/t17-,19+/m1/s1. The summed E-state index contributed by atoms with van der Waals surface area (Å²) in [4.78, 5) is 38.9. The van der Waals surface area contributed by atoms with Crippen molar-refractivity contribution in [3.8, 4) is 5.75 Å². The van der Waals surface area contributed by atoms with Gasteiger partial charge in [0.1, 0.15) is 11.3 Å². The van der Waals surface area contributed by atoms with Crippen LogP contribution in [0.15, 0.2) is 56.5 Å². The van der Waals surface area contributed by atoms with Gasteiger partial charge in [0.15, 0.2) is 6.61 Å². The van der Waals surface area contributed by atoms with Gasteiger partial charge >= 0.3 is 5.63 Å². The monoisotopic (exact) mass is 448 g/mol. The molecular weight excluding hydrogens is 420 g/mol. The number of benzene rings is 1. The van der Waals surface area contributed by atoms with Crippen molar-refractivity contribution in [2.45, 2.75) is 45.1 Å². The lowest BCUT2D eigenvalue weighted by atomic mass is 9.83. The van der Waals surface area contributed by atoms with Gasteiger partial charge in [0.2, 0.25) is 0 Å². The van der Waals surface area contributed by atoms with Gasteiger partial charge in [-0.1, -0.05) is 19.4 Å². The van der Waals surface area contributed by atoms with E-state index in [2.05, 4.69) is 6.92 Å². The summed E-state index contributed by atoms with van der Waals surface area (Å²) in [5.41, 5.74) is 2.13. The highest BCUT2D eigenvalue weighted by Gasteiger charge is 2.36. The number of carbonyl (C=O) groups is 1. The van der Waals surface area contributed by atoms with E-state index >= 15 is 0 Å². The number of piperidine rings is 1. The minimum Gasteiger partial charge on any atom is -0.484 e. The Balaban J connectivity index is 1.28. The van der Waals surface area contributed by atoms with E-state index in [1.165, 1.54) is 0 Å². The molecule has 4 heterocycles. The topological polar surface area (TPSA) is 81.8 Å². The van der Waals surface area contributed by atoms with Crippen molar-refractivity contribution < 1.29 is 13.9 Å². The summed E-state index contributed by atoms with van der Waals surface area (Å²) in [5.74, 6) is 0.874. The fraction of sp³-hybridized carbons (Fsp3) is 0.423. The van der Waals surface area contributed by atoms with Gasteiger partial charge in [-0.2, -0.15) is 0 Å². The summed E-state index contributed by atoms with van der Waals surface area (Å²) in [6.07, 6.45) is 3.87. The molecule has 7 nitrogen and oxygen atoms in total. The quantitative estimate of drug-likeness (QED) is 0.541. The molecule has 1 fully saturated rings. The van der Waals surface area contributed by atoms with Crippen LogP contribution in [-0.4, -0.2) is 35.1 Å². The second-order valence-corrected chi connectivity index (χ2v) is 9.14. The Hall–Kier alpha value is -3.35. The molecule has 2 aliphatic heterocycles. The number of ether oxygens (including phenoxy) is 1. The zero-order valence-electron chi connectivity index (χ0n) is 18.8. The molecule has 0 unspecified atom stereocenters. The molecule has 0 N–H and O–H groups in total. The number of nitrogens with zero attached hydrogens (tertiary/aromatic N) is 2. The Morgan fingerprint density at radius 1 is 1.12 bits per heavy atom. The predicted molar refractivity (Wildman–Crippen MR) is 125 cm³/mol. The second kappa shape index (κ2) is 8.89. The van der Waals surface area contributed by atoms with Crippen LogP contribution in [-0.2, 0) is 17.8 Å². The first kappa shape index (κ1) is 21.5. The third-order valence-corrected chi connectivity index (χ3v) is 6.80. The SMILES string of the molecule is CCCCc1cc(=O)oc2cc(OCC(=O)N3C[C@H]4C[C@@H](C3)c3cccc(=O)n3C4)ccc12. The predicted octanol–water partition coefficient (Wildman–Crippen LogP) is 3.32. The first-order valence-corrected chi connectivity index (χ1v) is 11.7. The van der Waals surface area contributed by atoms with Crippen molar-refractivity contribution in [3.05, 3.63) is 74.5 Å². The third-order valence-electron chi connectivity index (χ3n) is 6.80. The number of aromatic nitrogens is 1. The smallest absolute Gasteiger partial charge is 0.336 e. The van der Waals surface area contributed by atoms with Crippen LogP contribution in [0.25, 0.3) is 11.0 Å². The maximum absolute atomic E-state index is 12.9. The lowest BCUT2D eigenvalue weighted by Gasteiger charge is -2.42. The highest BCUT2D eigenvalue weighted by Crippen LogP contribution is 2.35. The van der Waals surface area contributed by atoms with Crippen LogP contribution in [0.5, 0.6) is 5.75 Å². The molecule has 7 heteroatoms. The molecule has 0 saturated carbocycles. The summed E-state index contributed by atoms with van der Waals surface area (Å²) >= 11 is 0.